The van der Waals surface area contributed by atoms with E-state index in [0.717, 1.165) is 46.4 Å². The summed E-state index contributed by atoms with van der Waals surface area (Å²) in [4.78, 5) is 0. The van der Waals surface area contributed by atoms with Gasteiger partial charge in [-0.05, 0) is 61.8 Å². The Labute approximate surface area is 145 Å². The van der Waals surface area contributed by atoms with Gasteiger partial charge >= 0.3 is 0 Å². The molecule has 2 nitrogen and oxygen atoms in total. The fourth-order valence-corrected chi connectivity index (χ4v) is 2.91. The van der Waals surface area contributed by atoms with Gasteiger partial charge in [0.25, 0.3) is 0 Å². The van der Waals surface area contributed by atoms with Crippen LogP contribution in [0.1, 0.15) is 41.2 Å². The van der Waals surface area contributed by atoms with E-state index in [1.807, 2.05) is 45.0 Å². The molecule has 0 heterocycles. The highest BCUT2D eigenvalue weighted by Crippen LogP contribution is 2.38. The lowest BCUT2D eigenvalue weighted by atomic mass is 9.92. The average Bonchev–Trinajstić information content (AvgIpc) is 2.60. The van der Waals surface area contributed by atoms with Crippen LogP contribution in [0.2, 0.25) is 0 Å². The second-order valence-electron chi connectivity index (χ2n) is 6.56. The standard InChI is InChI=1S/C22H28O2/c1-6-15(2)12-13-20-18(5)22(17(4)16(3)21(20)23)24-14-19-10-8-7-9-11-19/h6-11,15,23H,1,12-14H2,2-5H3/t15-/m1/s1. The molecule has 0 saturated heterocycles. The van der Waals surface area contributed by atoms with Gasteiger partial charge in [0, 0.05) is 5.56 Å². The SMILES string of the molecule is C=C[C@@H](C)CCc1c(C)c(OCc2ccccc2)c(C)c(C)c1O. The lowest BCUT2D eigenvalue weighted by Crippen LogP contribution is -2.05. The molecule has 0 radical (unpaired) electrons. The quantitative estimate of drug-likeness (QED) is 0.667. The smallest absolute Gasteiger partial charge is 0.126 e. The summed E-state index contributed by atoms with van der Waals surface area (Å²) in [5.74, 6) is 1.74. The van der Waals surface area contributed by atoms with Crippen molar-refractivity contribution in [3.8, 4) is 11.5 Å². The van der Waals surface area contributed by atoms with E-state index in [0.29, 0.717) is 18.3 Å². The summed E-state index contributed by atoms with van der Waals surface area (Å²) in [6.07, 6.45) is 3.76. The molecule has 128 valence electrons. The number of hydrogen-bond donors (Lipinski definition) is 1. The van der Waals surface area contributed by atoms with Crippen LogP contribution in [0.5, 0.6) is 11.5 Å². The number of allylic oxidation sites excluding steroid dienone is 1. The van der Waals surface area contributed by atoms with Gasteiger partial charge in [-0.25, -0.2) is 0 Å². The monoisotopic (exact) mass is 324 g/mol. The molecule has 0 unspecified atom stereocenters. The van der Waals surface area contributed by atoms with E-state index in [1.54, 1.807) is 0 Å². The molecule has 0 fully saturated rings. The molecule has 0 bridgehead atoms. The molecular weight excluding hydrogens is 296 g/mol. The van der Waals surface area contributed by atoms with Gasteiger partial charge in [0.2, 0.25) is 0 Å². The van der Waals surface area contributed by atoms with Crippen molar-refractivity contribution in [3.63, 3.8) is 0 Å². The first kappa shape index (κ1) is 18.1. The summed E-state index contributed by atoms with van der Waals surface area (Å²) in [6.45, 7) is 12.5. The minimum Gasteiger partial charge on any atom is -0.507 e. The van der Waals surface area contributed by atoms with Gasteiger partial charge in [0.15, 0.2) is 0 Å². The fraction of sp³-hybridized carbons (Fsp3) is 0.364. The number of benzene rings is 2. The molecule has 2 rings (SSSR count). The Morgan fingerprint density at radius 3 is 2.38 bits per heavy atom. The van der Waals surface area contributed by atoms with Crippen LogP contribution >= 0.6 is 0 Å². The second-order valence-corrected chi connectivity index (χ2v) is 6.56. The zero-order valence-electron chi connectivity index (χ0n) is 15.2. The average molecular weight is 324 g/mol. The van der Waals surface area contributed by atoms with Crippen molar-refractivity contribution in [2.75, 3.05) is 0 Å². The fourth-order valence-electron chi connectivity index (χ4n) is 2.91. The molecule has 2 aromatic carbocycles. The van der Waals surface area contributed by atoms with Gasteiger partial charge < -0.3 is 9.84 Å². The van der Waals surface area contributed by atoms with E-state index in [-0.39, 0.29) is 0 Å². The maximum absolute atomic E-state index is 10.6. The van der Waals surface area contributed by atoms with Gasteiger partial charge in [-0.2, -0.15) is 0 Å². The Morgan fingerprint density at radius 1 is 1.08 bits per heavy atom. The predicted octanol–water partition coefficient (Wildman–Crippen LogP) is 5.65. The number of ether oxygens (including phenoxy) is 1. The topological polar surface area (TPSA) is 29.5 Å². The Kier molecular flexibility index (Phi) is 6.08. The Bertz CT molecular complexity index is 702. The molecule has 0 aliphatic heterocycles. The Balaban J connectivity index is 2.29. The van der Waals surface area contributed by atoms with Crippen molar-refractivity contribution in [1.29, 1.82) is 0 Å². The summed E-state index contributed by atoms with van der Waals surface area (Å²) >= 11 is 0. The first-order valence-corrected chi connectivity index (χ1v) is 8.56. The highest BCUT2D eigenvalue weighted by Gasteiger charge is 2.18. The number of phenols is 1. The molecule has 1 atom stereocenters. The number of aromatic hydroxyl groups is 1. The number of phenolic OH excluding ortho intramolecular Hbond substituents is 1. The van der Waals surface area contributed by atoms with Crippen LogP contribution < -0.4 is 4.74 Å². The molecule has 24 heavy (non-hydrogen) atoms. The highest BCUT2D eigenvalue weighted by atomic mass is 16.5. The van der Waals surface area contributed by atoms with Gasteiger partial charge in [0.1, 0.15) is 18.1 Å². The molecule has 2 heteroatoms. The van der Waals surface area contributed by atoms with E-state index in [1.165, 1.54) is 0 Å². The summed E-state index contributed by atoms with van der Waals surface area (Å²) in [5.41, 5.74) is 5.10. The van der Waals surface area contributed by atoms with Crippen LogP contribution in [-0.4, -0.2) is 5.11 Å². The van der Waals surface area contributed by atoms with E-state index in [9.17, 15) is 5.11 Å². The zero-order chi connectivity index (χ0) is 17.7. The predicted molar refractivity (Wildman–Crippen MR) is 101 cm³/mol. The minimum atomic E-state index is 0.410. The molecular formula is C22H28O2. The summed E-state index contributed by atoms with van der Waals surface area (Å²) in [7, 11) is 0. The van der Waals surface area contributed by atoms with Crippen LogP contribution in [0.15, 0.2) is 43.0 Å². The van der Waals surface area contributed by atoms with Crippen molar-refractivity contribution in [2.45, 2.75) is 47.1 Å². The van der Waals surface area contributed by atoms with Gasteiger partial charge in [-0.15, -0.1) is 6.58 Å². The molecule has 0 aliphatic carbocycles. The van der Waals surface area contributed by atoms with Crippen LogP contribution in [0.3, 0.4) is 0 Å². The molecule has 0 amide bonds. The Hall–Kier alpha value is -2.22. The molecule has 1 N–H and O–H groups in total. The minimum absolute atomic E-state index is 0.410. The van der Waals surface area contributed by atoms with Crippen LogP contribution in [-0.2, 0) is 13.0 Å². The lowest BCUT2D eigenvalue weighted by Gasteiger charge is -2.20. The van der Waals surface area contributed by atoms with E-state index in [2.05, 4.69) is 25.6 Å². The third kappa shape index (κ3) is 4.00. The maximum Gasteiger partial charge on any atom is 0.126 e. The van der Waals surface area contributed by atoms with Gasteiger partial charge in [0.05, 0.1) is 0 Å². The first-order chi connectivity index (χ1) is 11.5. The lowest BCUT2D eigenvalue weighted by molar-refractivity contribution is 0.300. The first-order valence-electron chi connectivity index (χ1n) is 8.56. The van der Waals surface area contributed by atoms with Crippen molar-refractivity contribution in [2.24, 2.45) is 5.92 Å². The zero-order valence-corrected chi connectivity index (χ0v) is 15.2. The van der Waals surface area contributed by atoms with E-state index < -0.39 is 0 Å². The molecule has 2 aromatic rings. The van der Waals surface area contributed by atoms with Crippen molar-refractivity contribution in [1.82, 2.24) is 0 Å². The number of hydrogen-bond acceptors (Lipinski definition) is 2. The summed E-state index contributed by atoms with van der Waals surface area (Å²) in [5, 5.41) is 10.6. The normalized spacial score (nSPS) is 12.0. The Morgan fingerprint density at radius 2 is 1.75 bits per heavy atom. The summed E-state index contributed by atoms with van der Waals surface area (Å²) < 4.78 is 6.13. The number of rotatable bonds is 7. The van der Waals surface area contributed by atoms with Crippen molar-refractivity contribution in [3.05, 3.63) is 70.8 Å². The maximum atomic E-state index is 10.6. The summed E-state index contributed by atoms with van der Waals surface area (Å²) in [6, 6.07) is 10.2. The molecule has 0 spiro atoms. The largest absolute Gasteiger partial charge is 0.507 e. The van der Waals surface area contributed by atoms with Crippen LogP contribution in [0, 0.1) is 26.7 Å². The second kappa shape index (κ2) is 8.05. The molecule has 0 aromatic heterocycles. The van der Waals surface area contributed by atoms with Gasteiger partial charge in [-0.1, -0.05) is 43.3 Å². The van der Waals surface area contributed by atoms with Crippen molar-refractivity contribution >= 4 is 0 Å². The van der Waals surface area contributed by atoms with E-state index >= 15 is 0 Å². The van der Waals surface area contributed by atoms with Gasteiger partial charge in [-0.3, -0.25) is 0 Å². The third-order valence-corrected chi connectivity index (χ3v) is 4.82. The third-order valence-electron chi connectivity index (χ3n) is 4.82. The van der Waals surface area contributed by atoms with E-state index in [4.69, 9.17) is 4.74 Å². The van der Waals surface area contributed by atoms with Crippen LogP contribution in [0.4, 0.5) is 0 Å². The van der Waals surface area contributed by atoms with Crippen molar-refractivity contribution < 1.29 is 9.84 Å². The highest BCUT2D eigenvalue weighted by molar-refractivity contribution is 5.57. The molecule has 0 saturated carbocycles. The van der Waals surface area contributed by atoms with Crippen LogP contribution in [0.25, 0.3) is 0 Å². The molecule has 0 aliphatic rings.